The van der Waals surface area contributed by atoms with Gasteiger partial charge in [0.15, 0.2) is 0 Å². The van der Waals surface area contributed by atoms with E-state index in [4.69, 9.17) is 14.6 Å². The zero-order valence-electron chi connectivity index (χ0n) is 13.7. The van der Waals surface area contributed by atoms with Crippen LogP contribution < -0.4 is 9.47 Å². The van der Waals surface area contributed by atoms with Crippen molar-refractivity contribution in [3.8, 4) is 11.8 Å². The van der Waals surface area contributed by atoms with Gasteiger partial charge in [-0.1, -0.05) is 6.07 Å². The van der Waals surface area contributed by atoms with Crippen molar-refractivity contribution in [2.24, 2.45) is 0 Å². The fourth-order valence-corrected chi connectivity index (χ4v) is 3.13. The van der Waals surface area contributed by atoms with Crippen LogP contribution in [0.15, 0.2) is 47.4 Å². The first-order valence-electron chi connectivity index (χ1n) is 7.45. The molecule has 128 valence electrons. The van der Waals surface area contributed by atoms with Gasteiger partial charge in [0.1, 0.15) is 0 Å². The summed E-state index contributed by atoms with van der Waals surface area (Å²) in [5.41, 5.74) is 2.84. The fourth-order valence-electron chi connectivity index (χ4n) is 2.28. The Morgan fingerprint density at radius 1 is 1.00 bits per heavy atom. The first-order valence-corrected chi connectivity index (χ1v) is 8.44. The van der Waals surface area contributed by atoms with Crippen LogP contribution in [0.2, 0.25) is 0 Å². The van der Waals surface area contributed by atoms with Crippen LogP contribution in [0.3, 0.4) is 0 Å². The van der Waals surface area contributed by atoms with Crippen LogP contribution in [0, 0.1) is 0 Å². The number of methoxy groups -OCH3 is 2. The average Bonchev–Trinajstić information content (AvgIpc) is 2.65. The van der Waals surface area contributed by atoms with E-state index in [0.717, 1.165) is 27.2 Å². The van der Waals surface area contributed by atoms with E-state index < -0.39 is 5.97 Å². The van der Waals surface area contributed by atoms with Gasteiger partial charge in [0.05, 0.1) is 30.8 Å². The van der Waals surface area contributed by atoms with Crippen LogP contribution in [0.25, 0.3) is 11.0 Å². The minimum absolute atomic E-state index is 0.284. The Bertz CT molecular complexity index is 913. The van der Waals surface area contributed by atoms with E-state index in [1.807, 2.05) is 30.3 Å². The zero-order chi connectivity index (χ0) is 17.8. The summed E-state index contributed by atoms with van der Waals surface area (Å²) in [6.45, 7) is 0. The number of fused-ring (bicyclic) bond motifs is 1. The van der Waals surface area contributed by atoms with Gasteiger partial charge in [-0.15, -0.1) is 11.8 Å². The summed E-state index contributed by atoms with van der Waals surface area (Å²) in [6.07, 6.45) is 0. The molecule has 0 aliphatic carbocycles. The van der Waals surface area contributed by atoms with Crippen LogP contribution in [0.1, 0.15) is 15.9 Å². The third kappa shape index (κ3) is 3.83. The van der Waals surface area contributed by atoms with Crippen molar-refractivity contribution in [3.63, 3.8) is 0 Å². The predicted octanol–water partition coefficient (Wildman–Crippen LogP) is 3.64. The van der Waals surface area contributed by atoms with Crippen molar-refractivity contribution in [2.75, 3.05) is 14.2 Å². The van der Waals surface area contributed by atoms with Gasteiger partial charge in [0.2, 0.25) is 0 Å². The molecule has 1 aromatic heterocycles. The van der Waals surface area contributed by atoms with Crippen molar-refractivity contribution in [2.45, 2.75) is 10.6 Å². The molecule has 0 amide bonds. The Morgan fingerprint density at radius 3 is 2.24 bits per heavy atom. The monoisotopic (exact) mass is 356 g/mol. The molecule has 0 fully saturated rings. The molecule has 2 aromatic carbocycles. The normalized spacial score (nSPS) is 10.6. The number of carboxylic acid groups (broad SMARTS) is 1. The van der Waals surface area contributed by atoms with Gasteiger partial charge >= 0.3 is 5.97 Å². The largest absolute Gasteiger partial charge is 0.478 e. The van der Waals surface area contributed by atoms with Crippen LogP contribution in [-0.4, -0.2) is 35.3 Å². The van der Waals surface area contributed by atoms with Crippen molar-refractivity contribution in [3.05, 3.63) is 53.6 Å². The molecular weight excluding hydrogens is 340 g/mol. The molecule has 0 bridgehead atoms. The highest BCUT2D eigenvalue weighted by atomic mass is 32.2. The van der Waals surface area contributed by atoms with E-state index in [2.05, 4.69) is 9.97 Å². The van der Waals surface area contributed by atoms with Crippen LogP contribution in [-0.2, 0) is 5.75 Å². The Hall–Kier alpha value is -2.80. The van der Waals surface area contributed by atoms with E-state index in [1.165, 1.54) is 14.2 Å². The van der Waals surface area contributed by atoms with Gasteiger partial charge in [0.25, 0.3) is 11.8 Å². The van der Waals surface area contributed by atoms with Gasteiger partial charge in [-0.25, -0.2) is 14.8 Å². The second-order valence-corrected chi connectivity index (χ2v) is 6.23. The Labute approximate surface area is 148 Å². The van der Waals surface area contributed by atoms with Gasteiger partial charge in [0, 0.05) is 10.6 Å². The van der Waals surface area contributed by atoms with Crippen LogP contribution in [0.4, 0.5) is 0 Å². The van der Waals surface area contributed by atoms with Crippen molar-refractivity contribution < 1.29 is 19.4 Å². The molecule has 0 aliphatic rings. The van der Waals surface area contributed by atoms with Gasteiger partial charge < -0.3 is 14.6 Å². The SMILES string of the molecule is COc1nc2ccc(CSc3ccc(C(=O)O)cc3)cc2nc1OC. The van der Waals surface area contributed by atoms with Gasteiger partial charge in [-0.2, -0.15) is 0 Å². The van der Waals surface area contributed by atoms with Crippen LogP contribution >= 0.6 is 11.8 Å². The molecule has 1 heterocycles. The summed E-state index contributed by atoms with van der Waals surface area (Å²) in [5, 5.41) is 8.93. The number of hydrogen-bond acceptors (Lipinski definition) is 6. The molecule has 0 spiro atoms. The average molecular weight is 356 g/mol. The molecule has 0 saturated carbocycles. The lowest BCUT2D eigenvalue weighted by atomic mass is 10.2. The number of ether oxygens (including phenoxy) is 2. The maximum Gasteiger partial charge on any atom is 0.335 e. The number of aromatic nitrogens is 2. The third-order valence-electron chi connectivity index (χ3n) is 3.56. The quantitative estimate of drug-likeness (QED) is 0.675. The number of hydrogen-bond donors (Lipinski definition) is 1. The topological polar surface area (TPSA) is 81.5 Å². The smallest absolute Gasteiger partial charge is 0.335 e. The number of rotatable bonds is 6. The summed E-state index contributed by atoms with van der Waals surface area (Å²) in [6, 6.07) is 12.7. The van der Waals surface area contributed by atoms with E-state index in [1.54, 1.807) is 23.9 Å². The lowest BCUT2D eigenvalue weighted by Crippen LogP contribution is -1.97. The number of carboxylic acids is 1. The van der Waals surface area contributed by atoms with E-state index >= 15 is 0 Å². The number of carbonyl (C=O) groups is 1. The van der Waals surface area contributed by atoms with Crippen LogP contribution in [0.5, 0.6) is 11.8 Å². The molecular formula is C18H16N2O4S. The zero-order valence-corrected chi connectivity index (χ0v) is 14.5. The summed E-state index contributed by atoms with van der Waals surface area (Å²) in [7, 11) is 3.05. The second kappa shape index (κ2) is 7.40. The van der Waals surface area contributed by atoms with Gasteiger partial charge in [-0.05, 0) is 42.0 Å². The third-order valence-corrected chi connectivity index (χ3v) is 4.64. The summed E-state index contributed by atoms with van der Waals surface area (Å²) in [4.78, 5) is 20.7. The predicted molar refractivity (Wildman–Crippen MR) is 95.6 cm³/mol. The Morgan fingerprint density at radius 2 is 1.64 bits per heavy atom. The Kier molecular flexibility index (Phi) is 5.04. The molecule has 0 atom stereocenters. The van der Waals surface area contributed by atoms with Crippen molar-refractivity contribution >= 4 is 28.8 Å². The second-order valence-electron chi connectivity index (χ2n) is 5.18. The molecule has 0 radical (unpaired) electrons. The molecule has 3 aromatic rings. The Balaban J connectivity index is 1.78. The van der Waals surface area contributed by atoms with E-state index in [0.29, 0.717) is 11.8 Å². The standard InChI is InChI=1S/C18H16N2O4S/c1-23-16-17(24-2)20-15-9-11(3-8-14(15)19-16)10-25-13-6-4-12(5-7-13)18(21)22/h3-9H,10H2,1-2H3,(H,21,22). The highest BCUT2D eigenvalue weighted by Gasteiger charge is 2.10. The van der Waals surface area contributed by atoms with E-state index in [-0.39, 0.29) is 5.56 Å². The molecule has 7 heteroatoms. The number of thioether (sulfide) groups is 1. The lowest BCUT2D eigenvalue weighted by Gasteiger charge is -2.08. The van der Waals surface area contributed by atoms with E-state index in [9.17, 15) is 4.79 Å². The molecule has 1 N–H and O–H groups in total. The molecule has 0 unspecified atom stereocenters. The van der Waals surface area contributed by atoms with Crippen molar-refractivity contribution in [1.82, 2.24) is 9.97 Å². The first-order chi connectivity index (χ1) is 12.1. The molecule has 25 heavy (non-hydrogen) atoms. The lowest BCUT2D eigenvalue weighted by molar-refractivity contribution is 0.0697. The summed E-state index contributed by atoms with van der Waals surface area (Å²) < 4.78 is 10.4. The number of benzene rings is 2. The highest BCUT2D eigenvalue weighted by molar-refractivity contribution is 7.98. The number of nitrogens with zero attached hydrogens (tertiary/aromatic N) is 2. The fraction of sp³-hybridized carbons (Fsp3) is 0.167. The van der Waals surface area contributed by atoms with Crippen molar-refractivity contribution in [1.29, 1.82) is 0 Å². The summed E-state index contributed by atoms with van der Waals surface area (Å²) >= 11 is 1.62. The maximum absolute atomic E-state index is 10.9. The first kappa shape index (κ1) is 17.0. The highest BCUT2D eigenvalue weighted by Crippen LogP contribution is 2.28. The summed E-state index contributed by atoms with van der Waals surface area (Å²) in [5.74, 6) is 0.520. The minimum atomic E-state index is -0.922. The maximum atomic E-state index is 10.9. The molecule has 6 nitrogen and oxygen atoms in total. The molecule has 3 rings (SSSR count). The van der Waals surface area contributed by atoms with Gasteiger partial charge in [-0.3, -0.25) is 0 Å². The number of aromatic carboxylic acids is 1. The minimum Gasteiger partial charge on any atom is -0.478 e. The molecule has 0 aliphatic heterocycles. The molecule has 0 saturated heterocycles.